The van der Waals surface area contributed by atoms with Crippen molar-refractivity contribution in [2.24, 2.45) is 18.4 Å². The Morgan fingerprint density at radius 3 is 2.65 bits per heavy atom. The first-order valence-corrected chi connectivity index (χ1v) is 8.47. The van der Waals surface area contributed by atoms with Crippen molar-refractivity contribution >= 4 is 15.9 Å². The minimum Gasteiger partial charge on any atom is -0.274 e. The van der Waals surface area contributed by atoms with E-state index in [4.69, 9.17) is 0 Å². The molecule has 2 heterocycles. The topological polar surface area (TPSA) is 58.4 Å². The SMILES string of the molecule is Cn1cc(N2CCN(CCC3CC3(C)C)S2(=O)=O)cn1. The summed E-state index contributed by atoms with van der Waals surface area (Å²) in [5.41, 5.74) is 1.06. The summed E-state index contributed by atoms with van der Waals surface area (Å²) in [6.07, 6.45) is 5.52. The second kappa shape index (κ2) is 4.46. The fourth-order valence-electron chi connectivity index (χ4n) is 2.97. The maximum atomic E-state index is 12.5. The third kappa shape index (κ3) is 2.33. The number of aryl methyl sites for hydroxylation is 1. The molecule has 1 aromatic heterocycles. The Balaban J connectivity index is 1.67. The molecule has 1 saturated carbocycles. The third-order valence-corrected chi connectivity index (χ3v) is 6.55. The molecule has 6 nitrogen and oxygen atoms in total. The van der Waals surface area contributed by atoms with E-state index in [2.05, 4.69) is 18.9 Å². The Hall–Kier alpha value is -1.08. The Labute approximate surface area is 120 Å². The van der Waals surface area contributed by atoms with Gasteiger partial charge in [-0.1, -0.05) is 13.8 Å². The number of aromatic nitrogens is 2. The largest absolute Gasteiger partial charge is 0.304 e. The molecule has 0 N–H and O–H groups in total. The van der Waals surface area contributed by atoms with Gasteiger partial charge in [0.05, 0.1) is 11.9 Å². The lowest BCUT2D eigenvalue weighted by Gasteiger charge is -2.18. The van der Waals surface area contributed by atoms with Crippen LogP contribution < -0.4 is 4.31 Å². The van der Waals surface area contributed by atoms with Crippen molar-refractivity contribution in [3.05, 3.63) is 12.4 Å². The minimum atomic E-state index is -3.36. The third-order valence-electron chi connectivity index (χ3n) is 4.58. The molecule has 0 bridgehead atoms. The van der Waals surface area contributed by atoms with Crippen LogP contribution in [0.25, 0.3) is 0 Å². The molecular weight excluding hydrogens is 276 g/mol. The lowest BCUT2D eigenvalue weighted by molar-refractivity contribution is 0.411. The average molecular weight is 298 g/mol. The number of rotatable bonds is 4. The highest BCUT2D eigenvalue weighted by Gasteiger charge is 2.46. The lowest BCUT2D eigenvalue weighted by atomic mass is 10.1. The first-order valence-electron chi connectivity index (χ1n) is 7.07. The molecule has 20 heavy (non-hydrogen) atoms. The molecule has 2 aliphatic rings. The standard InChI is InChI=1S/C13H22N4O2S/c1-13(2)8-11(13)4-5-16-6-7-17(20(16,18)19)12-9-14-15(3)10-12/h9-11H,4-8H2,1-3H3. The van der Waals surface area contributed by atoms with Gasteiger partial charge in [-0.25, -0.2) is 0 Å². The fraction of sp³-hybridized carbons (Fsp3) is 0.769. The second-order valence-electron chi connectivity index (χ2n) is 6.53. The van der Waals surface area contributed by atoms with E-state index in [0.717, 1.165) is 6.42 Å². The predicted molar refractivity (Wildman–Crippen MR) is 77.6 cm³/mol. The number of nitrogens with zero attached hydrogens (tertiary/aromatic N) is 4. The van der Waals surface area contributed by atoms with Gasteiger partial charge in [0, 0.05) is 32.9 Å². The molecule has 0 aromatic carbocycles. The Kier molecular flexibility index (Phi) is 3.10. The molecule has 1 aliphatic heterocycles. The van der Waals surface area contributed by atoms with Crippen LogP contribution in [0.2, 0.25) is 0 Å². The molecule has 1 unspecified atom stereocenters. The van der Waals surface area contributed by atoms with Gasteiger partial charge in [-0.05, 0) is 24.2 Å². The van der Waals surface area contributed by atoms with E-state index in [1.54, 1.807) is 28.4 Å². The van der Waals surface area contributed by atoms with E-state index >= 15 is 0 Å². The minimum absolute atomic E-state index is 0.409. The van der Waals surface area contributed by atoms with Gasteiger partial charge in [-0.2, -0.15) is 17.8 Å². The molecule has 1 saturated heterocycles. The van der Waals surface area contributed by atoms with Crippen LogP contribution in [0.5, 0.6) is 0 Å². The molecule has 1 aliphatic carbocycles. The van der Waals surface area contributed by atoms with Gasteiger partial charge in [0.25, 0.3) is 0 Å². The van der Waals surface area contributed by atoms with E-state index in [0.29, 0.717) is 36.7 Å². The molecule has 1 aromatic rings. The Bertz CT molecular complexity index is 608. The zero-order chi connectivity index (χ0) is 14.5. The molecule has 3 rings (SSSR count). The molecule has 2 fully saturated rings. The number of hydrogen-bond donors (Lipinski definition) is 0. The van der Waals surface area contributed by atoms with Crippen LogP contribution in [0.3, 0.4) is 0 Å². The van der Waals surface area contributed by atoms with Crippen LogP contribution in [-0.4, -0.2) is 42.1 Å². The average Bonchev–Trinajstić information content (AvgIpc) is 2.69. The molecule has 0 spiro atoms. The van der Waals surface area contributed by atoms with Crippen molar-refractivity contribution in [1.29, 1.82) is 0 Å². The van der Waals surface area contributed by atoms with Gasteiger partial charge in [0.2, 0.25) is 0 Å². The van der Waals surface area contributed by atoms with Crippen molar-refractivity contribution in [2.45, 2.75) is 26.7 Å². The van der Waals surface area contributed by atoms with Crippen molar-refractivity contribution in [1.82, 2.24) is 14.1 Å². The zero-order valence-corrected chi connectivity index (χ0v) is 13.1. The van der Waals surface area contributed by atoms with E-state index in [-0.39, 0.29) is 0 Å². The summed E-state index contributed by atoms with van der Waals surface area (Å²) in [5, 5.41) is 4.05. The highest BCUT2D eigenvalue weighted by Crippen LogP contribution is 2.53. The molecule has 0 amide bonds. The molecular formula is C13H22N4O2S. The summed E-state index contributed by atoms with van der Waals surface area (Å²) in [5.74, 6) is 0.671. The Morgan fingerprint density at radius 1 is 1.40 bits per heavy atom. The van der Waals surface area contributed by atoms with E-state index < -0.39 is 10.2 Å². The van der Waals surface area contributed by atoms with Gasteiger partial charge >= 0.3 is 10.2 Å². The van der Waals surface area contributed by atoms with E-state index in [1.165, 1.54) is 10.7 Å². The van der Waals surface area contributed by atoms with E-state index in [9.17, 15) is 8.42 Å². The normalized spacial score (nSPS) is 27.9. The first-order chi connectivity index (χ1) is 9.30. The van der Waals surface area contributed by atoms with Crippen LogP contribution in [0.1, 0.15) is 26.7 Å². The van der Waals surface area contributed by atoms with Crippen LogP contribution >= 0.6 is 0 Å². The summed E-state index contributed by atoms with van der Waals surface area (Å²) < 4.78 is 29.7. The van der Waals surface area contributed by atoms with E-state index in [1.807, 2.05) is 0 Å². The van der Waals surface area contributed by atoms with Gasteiger partial charge < -0.3 is 0 Å². The molecule has 112 valence electrons. The van der Waals surface area contributed by atoms with Crippen molar-refractivity contribution in [2.75, 3.05) is 23.9 Å². The van der Waals surface area contributed by atoms with Gasteiger partial charge in [-0.3, -0.25) is 8.99 Å². The quantitative estimate of drug-likeness (QED) is 0.840. The monoisotopic (exact) mass is 298 g/mol. The first kappa shape index (κ1) is 13.9. The highest BCUT2D eigenvalue weighted by atomic mass is 32.2. The van der Waals surface area contributed by atoms with Gasteiger partial charge in [-0.15, -0.1) is 0 Å². The lowest BCUT2D eigenvalue weighted by Crippen LogP contribution is -2.33. The van der Waals surface area contributed by atoms with Crippen molar-refractivity contribution in [3.63, 3.8) is 0 Å². The maximum Gasteiger partial charge on any atom is 0.304 e. The molecule has 1 atom stereocenters. The predicted octanol–water partition coefficient (Wildman–Crippen LogP) is 1.22. The second-order valence-corrected chi connectivity index (χ2v) is 8.38. The van der Waals surface area contributed by atoms with Gasteiger partial charge in [0.15, 0.2) is 0 Å². The molecule has 7 heteroatoms. The Morgan fingerprint density at radius 2 is 2.10 bits per heavy atom. The summed E-state index contributed by atoms with van der Waals surface area (Å²) in [6.45, 7) is 6.22. The molecule has 0 radical (unpaired) electrons. The highest BCUT2D eigenvalue weighted by molar-refractivity contribution is 7.90. The maximum absolute atomic E-state index is 12.5. The summed E-state index contributed by atoms with van der Waals surface area (Å²) in [4.78, 5) is 0. The van der Waals surface area contributed by atoms with Crippen LogP contribution in [0, 0.1) is 11.3 Å². The van der Waals surface area contributed by atoms with Crippen LogP contribution in [-0.2, 0) is 17.3 Å². The number of anilines is 1. The summed E-state index contributed by atoms with van der Waals surface area (Å²) in [7, 11) is -1.57. The smallest absolute Gasteiger partial charge is 0.274 e. The van der Waals surface area contributed by atoms with Crippen LogP contribution in [0.4, 0.5) is 5.69 Å². The van der Waals surface area contributed by atoms with Gasteiger partial charge in [0.1, 0.15) is 0 Å². The van der Waals surface area contributed by atoms with Crippen molar-refractivity contribution < 1.29 is 8.42 Å². The zero-order valence-electron chi connectivity index (χ0n) is 12.3. The van der Waals surface area contributed by atoms with Crippen LogP contribution in [0.15, 0.2) is 12.4 Å². The fourth-order valence-corrected chi connectivity index (χ4v) is 4.57. The summed E-state index contributed by atoms with van der Waals surface area (Å²) >= 11 is 0. The number of hydrogen-bond acceptors (Lipinski definition) is 3. The van der Waals surface area contributed by atoms with Crippen molar-refractivity contribution in [3.8, 4) is 0 Å². The summed E-state index contributed by atoms with van der Waals surface area (Å²) in [6, 6.07) is 0.